The molecule has 2 N–H and O–H groups in total. The van der Waals surface area contributed by atoms with Crippen LogP contribution in [0, 0.1) is 5.41 Å². The molecule has 0 bridgehead atoms. The standard InChI is InChI=1S/C16H15N5S/c1-10(17)12-7-5-8-13(18-12)11(2)20-21-16-19-14-6-3-4-9-15(14)22-16/h3-9,17H,1-2H3,(H,19,21)/b17-10?,20-11-. The average molecular weight is 309 g/mol. The molecule has 0 radical (unpaired) electrons. The van der Waals surface area contributed by atoms with Crippen LogP contribution in [0.2, 0.25) is 0 Å². The van der Waals surface area contributed by atoms with Crippen LogP contribution in [0.25, 0.3) is 10.2 Å². The second kappa shape index (κ2) is 6.03. The molecular weight excluding hydrogens is 294 g/mol. The Kier molecular flexibility index (Phi) is 3.93. The van der Waals surface area contributed by atoms with E-state index in [1.807, 2.05) is 49.4 Å². The molecule has 6 heteroatoms. The first-order chi connectivity index (χ1) is 10.6. The van der Waals surface area contributed by atoms with Gasteiger partial charge in [0, 0.05) is 0 Å². The highest BCUT2D eigenvalue weighted by molar-refractivity contribution is 7.22. The number of aromatic nitrogens is 2. The van der Waals surface area contributed by atoms with E-state index in [9.17, 15) is 0 Å². The lowest BCUT2D eigenvalue weighted by Gasteiger charge is -2.03. The molecule has 3 aromatic rings. The number of hydrogen-bond donors (Lipinski definition) is 2. The Morgan fingerprint density at radius 3 is 2.59 bits per heavy atom. The van der Waals surface area contributed by atoms with Crippen LogP contribution in [0.5, 0.6) is 0 Å². The Labute approximate surface area is 132 Å². The maximum atomic E-state index is 7.64. The highest BCUT2D eigenvalue weighted by Gasteiger charge is 2.05. The number of pyridine rings is 1. The summed E-state index contributed by atoms with van der Waals surface area (Å²) in [6.07, 6.45) is 0. The van der Waals surface area contributed by atoms with Crippen LogP contribution in [0.1, 0.15) is 25.2 Å². The molecule has 0 aliphatic rings. The molecule has 110 valence electrons. The summed E-state index contributed by atoms with van der Waals surface area (Å²) in [7, 11) is 0. The number of nitrogens with zero attached hydrogens (tertiary/aromatic N) is 3. The van der Waals surface area contributed by atoms with E-state index in [1.54, 1.807) is 18.3 Å². The maximum Gasteiger partial charge on any atom is 0.204 e. The molecular formula is C16H15N5S. The van der Waals surface area contributed by atoms with Crippen LogP contribution in [-0.4, -0.2) is 21.4 Å². The number of thiazole rings is 1. The number of para-hydroxylation sites is 1. The van der Waals surface area contributed by atoms with Crippen molar-refractivity contribution >= 4 is 38.1 Å². The van der Waals surface area contributed by atoms with Crippen molar-refractivity contribution in [1.29, 1.82) is 5.41 Å². The zero-order valence-electron chi connectivity index (χ0n) is 12.3. The zero-order valence-corrected chi connectivity index (χ0v) is 13.1. The Morgan fingerprint density at radius 1 is 1.05 bits per heavy atom. The molecule has 0 saturated heterocycles. The SMILES string of the molecule is CC(=N)c1cccc(/C(C)=N\Nc2nc3ccccc3s2)n1. The third-order valence-electron chi connectivity index (χ3n) is 3.12. The Hall–Kier alpha value is -2.60. The summed E-state index contributed by atoms with van der Waals surface area (Å²) in [6, 6.07) is 13.6. The second-order valence-electron chi connectivity index (χ2n) is 4.83. The summed E-state index contributed by atoms with van der Waals surface area (Å²) in [5.74, 6) is 0. The third-order valence-corrected chi connectivity index (χ3v) is 4.06. The van der Waals surface area contributed by atoms with Crippen LogP contribution < -0.4 is 5.43 Å². The topological polar surface area (TPSA) is 74.0 Å². The van der Waals surface area contributed by atoms with Gasteiger partial charge in [-0.3, -0.25) is 5.43 Å². The van der Waals surface area contributed by atoms with E-state index in [0.717, 1.165) is 26.8 Å². The van der Waals surface area contributed by atoms with Gasteiger partial charge in [-0.2, -0.15) is 5.10 Å². The number of hydrazone groups is 1. The number of benzene rings is 1. The lowest BCUT2D eigenvalue weighted by Crippen LogP contribution is -2.06. The maximum absolute atomic E-state index is 7.64. The number of nitrogens with one attached hydrogen (secondary N) is 2. The van der Waals surface area contributed by atoms with Gasteiger partial charge in [0.05, 0.1) is 33.0 Å². The minimum atomic E-state index is 0.439. The van der Waals surface area contributed by atoms with Gasteiger partial charge in [-0.1, -0.05) is 29.5 Å². The summed E-state index contributed by atoms with van der Waals surface area (Å²) in [5.41, 5.74) is 6.54. The van der Waals surface area contributed by atoms with Gasteiger partial charge in [0.1, 0.15) is 0 Å². The molecule has 0 amide bonds. The van der Waals surface area contributed by atoms with E-state index >= 15 is 0 Å². The van der Waals surface area contributed by atoms with Gasteiger partial charge in [-0.15, -0.1) is 0 Å². The number of rotatable bonds is 4. The van der Waals surface area contributed by atoms with E-state index in [4.69, 9.17) is 5.41 Å². The number of fused-ring (bicyclic) bond motifs is 1. The van der Waals surface area contributed by atoms with Crippen molar-refractivity contribution < 1.29 is 0 Å². The Balaban J connectivity index is 1.82. The molecule has 2 heterocycles. The first-order valence-corrected chi connectivity index (χ1v) is 7.64. The Bertz CT molecular complexity index is 833. The van der Waals surface area contributed by atoms with E-state index < -0.39 is 0 Å². The summed E-state index contributed by atoms with van der Waals surface area (Å²) in [5, 5.41) is 12.7. The third kappa shape index (κ3) is 3.01. The highest BCUT2D eigenvalue weighted by Crippen LogP contribution is 2.25. The summed E-state index contributed by atoms with van der Waals surface area (Å²) >= 11 is 1.56. The monoisotopic (exact) mass is 309 g/mol. The Morgan fingerprint density at radius 2 is 1.82 bits per heavy atom. The van der Waals surface area contributed by atoms with Gasteiger partial charge < -0.3 is 5.41 Å². The molecule has 3 rings (SSSR count). The zero-order chi connectivity index (χ0) is 15.5. The highest BCUT2D eigenvalue weighted by atomic mass is 32.1. The molecule has 0 atom stereocenters. The fourth-order valence-electron chi connectivity index (χ4n) is 1.95. The minimum Gasteiger partial charge on any atom is -0.303 e. The quantitative estimate of drug-likeness (QED) is 0.566. The molecule has 0 aliphatic carbocycles. The molecule has 0 fully saturated rings. The van der Waals surface area contributed by atoms with Gasteiger partial charge in [0.15, 0.2) is 0 Å². The molecule has 2 aromatic heterocycles. The molecule has 0 saturated carbocycles. The average Bonchev–Trinajstić information content (AvgIpc) is 2.95. The molecule has 0 spiro atoms. The molecule has 1 aromatic carbocycles. The lowest BCUT2D eigenvalue weighted by atomic mass is 10.2. The normalized spacial score (nSPS) is 11.6. The van der Waals surface area contributed by atoms with Crippen LogP contribution in [0.15, 0.2) is 47.6 Å². The van der Waals surface area contributed by atoms with Crippen molar-refractivity contribution in [2.45, 2.75) is 13.8 Å². The minimum absolute atomic E-state index is 0.439. The van der Waals surface area contributed by atoms with E-state index in [0.29, 0.717) is 11.4 Å². The predicted molar refractivity (Wildman–Crippen MR) is 92.2 cm³/mol. The van der Waals surface area contributed by atoms with Crippen molar-refractivity contribution in [2.24, 2.45) is 5.10 Å². The van der Waals surface area contributed by atoms with Crippen LogP contribution in [0.3, 0.4) is 0 Å². The van der Waals surface area contributed by atoms with E-state index in [1.165, 1.54) is 0 Å². The first-order valence-electron chi connectivity index (χ1n) is 6.82. The lowest BCUT2D eigenvalue weighted by molar-refractivity contribution is 1.21. The van der Waals surface area contributed by atoms with E-state index in [2.05, 4.69) is 20.5 Å². The molecule has 0 unspecified atom stereocenters. The van der Waals surface area contributed by atoms with Crippen molar-refractivity contribution in [3.63, 3.8) is 0 Å². The van der Waals surface area contributed by atoms with E-state index in [-0.39, 0.29) is 0 Å². The van der Waals surface area contributed by atoms with Crippen molar-refractivity contribution in [1.82, 2.24) is 9.97 Å². The van der Waals surface area contributed by atoms with Crippen LogP contribution >= 0.6 is 11.3 Å². The van der Waals surface area contributed by atoms with Gasteiger partial charge >= 0.3 is 0 Å². The molecule has 5 nitrogen and oxygen atoms in total. The van der Waals surface area contributed by atoms with Crippen LogP contribution in [-0.2, 0) is 0 Å². The summed E-state index contributed by atoms with van der Waals surface area (Å²) in [4.78, 5) is 8.88. The largest absolute Gasteiger partial charge is 0.303 e. The summed E-state index contributed by atoms with van der Waals surface area (Å²) in [6.45, 7) is 3.60. The summed E-state index contributed by atoms with van der Waals surface area (Å²) < 4.78 is 1.12. The van der Waals surface area contributed by atoms with Gasteiger partial charge in [0.25, 0.3) is 0 Å². The van der Waals surface area contributed by atoms with Gasteiger partial charge in [-0.25, -0.2) is 9.97 Å². The van der Waals surface area contributed by atoms with Crippen molar-refractivity contribution in [2.75, 3.05) is 5.43 Å². The van der Waals surface area contributed by atoms with Crippen molar-refractivity contribution in [3.8, 4) is 0 Å². The van der Waals surface area contributed by atoms with Crippen LogP contribution in [0.4, 0.5) is 5.13 Å². The molecule has 22 heavy (non-hydrogen) atoms. The fraction of sp³-hybridized carbons (Fsp3) is 0.125. The second-order valence-corrected chi connectivity index (χ2v) is 5.86. The van der Waals surface area contributed by atoms with Crippen molar-refractivity contribution in [3.05, 3.63) is 53.9 Å². The number of hydrogen-bond acceptors (Lipinski definition) is 6. The number of anilines is 1. The first kappa shape index (κ1) is 14.3. The van der Waals surface area contributed by atoms with Gasteiger partial charge in [0.2, 0.25) is 5.13 Å². The predicted octanol–water partition coefficient (Wildman–Crippen LogP) is 3.92. The smallest absolute Gasteiger partial charge is 0.204 e. The molecule has 0 aliphatic heterocycles. The van der Waals surface area contributed by atoms with Gasteiger partial charge in [-0.05, 0) is 38.1 Å². The fourth-order valence-corrected chi connectivity index (χ4v) is 2.76.